The second kappa shape index (κ2) is 7.59. The molecule has 0 bridgehead atoms. The smallest absolute Gasteiger partial charge is 0.137 e. The van der Waals surface area contributed by atoms with E-state index in [0.29, 0.717) is 6.04 Å². The molecular weight excluding hydrogens is 262 g/mol. The van der Waals surface area contributed by atoms with E-state index in [1.165, 1.54) is 24.9 Å². The second-order valence-corrected chi connectivity index (χ2v) is 5.71. The third kappa shape index (κ3) is 3.64. The van der Waals surface area contributed by atoms with Gasteiger partial charge in [-0.3, -0.25) is 4.90 Å². The molecule has 2 rings (SSSR count). The number of aromatic nitrogens is 2. The molecule has 1 N–H and O–H groups in total. The lowest BCUT2D eigenvalue weighted by Gasteiger charge is -2.29. The highest BCUT2D eigenvalue weighted by Gasteiger charge is 2.25. The lowest BCUT2D eigenvalue weighted by molar-refractivity contribution is 0.270. The van der Waals surface area contributed by atoms with Crippen LogP contribution in [0.2, 0.25) is 0 Å². The summed E-state index contributed by atoms with van der Waals surface area (Å²) in [4.78, 5) is 13.8. The molecule has 1 aromatic heterocycles. The van der Waals surface area contributed by atoms with E-state index in [1.807, 2.05) is 0 Å². The van der Waals surface area contributed by atoms with Gasteiger partial charge in [0.15, 0.2) is 0 Å². The minimum absolute atomic E-state index is 0.655. The maximum atomic E-state index is 4.54. The van der Waals surface area contributed by atoms with Crippen molar-refractivity contribution in [2.24, 2.45) is 0 Å². The van der Waals surface area contributed by atoms with Crippen LogP contribution in [0.1, 0.15) is 39.2 Å². The van der Waals surface area contributed by atoms with Gasteiger partial charge in [-0.05, 0) is 39.3 Å². The summed E-state index contributed by atoms with van der Waals surface area (Å²) < 4.78 is 0. The van der Waals surface area contributed by atoms with Crippen LogP contribution in [0.5, 0.6) is 0 Å². The maximum absolute atomic E-state index is 4.54. The molecule has 0 spiro atoms. The Hall–Kier alpha value is -1.36. The van der Waals surface area contributed by atoms with E-state index >= 15 is 0 Å². The first-order valence-corrected chi connectivity index (χ1v) is 8.24. The van der Waals surface area contributed by atoms with Crippen LogP contribution in [0.15, 0.2) is 6.33 Å². The van der Waals surface area contributed by atoms with E-state index in [1.54, 1.807) is 6.33 Å². The number of nitrogens with zero attached hydrogens (tertiary/aromatic N) is 4. The normalized spacial score (nSPS) is 19.0. The van der Waals surface area contributed by atoms with Gasteiger partial charge in [0.1, 0.15) is 18.0 Å². The van der Waals surface area contributed by atoms with E-state index in [4.69, 9.17) is 0 Å². The molecule has 1 aliphatic heterocycles. The molecule has 0 aliphatic carbocycles. The van der Waals surface area contributed by atoms with Gasteiger partial charge in [-0.25, -0.2) is 9.97 Å². The molecule has 2 heterocycles. The minimum atomic E-state index is 0.655. The molecule has 0 saturated carbocycles. The summed E-state index contributed by atoms with van der Waals surface area (Å²) in [5, 5.41) is 3.35. The molecule has 1 aliphatic rings. The molecule has 0 radical (unpaired) electrons. The van der Waals surface area contributed by atoms with E-state index in [-0.39, 0.29) is 0 Å². The van der Waals surface area contributed by atoms with Crippen molar-refractivity contribution in [3.8, 4) is 0 Å². The molecule has 1 unspecified atom stereocenters. The Morgan fingerprint density at radius 2 is 2.14 bits per heavy atom. The molecule has 21 heavy (non-hydrogen) atoms. The monoisotopic (exact) mass is 291 g/mol. The fourth-order valence-corrected chi connectivity index (χ4v) is 3.30. The van der Waals surface area contributed by atoms with Gasteiger partial charge >= 0.3 is 0 Å². The highest BCUT2D eigenvalue weighted by molar-refractivity contribution is 5.58. The van der Waals surface area contributed by atoms with Crippen LogP contribution in [-0.2, 0) is 6.42 Å². The predicted octanol–water partition coefficient (Wildman–Crippen LogP) is 2.39. The molecular formula is C16H29N5. The topological polar surface area (TPSA) is 44.3 Å². The summed E-state index contributed by atoms with van der Waals surface area (Å²) in [5.41, 5.74) is 1.22. The van der Waals surface area contributed by atoms with Crippen molar-refractivity contribution in [3.05, 3.63) is 11.9 Å². The Morgan fingerprint density at radius 1 is 1.33 bits per heavy atom. The molecule has 118 valence electrons. The first kappa shape index (κ1) is 16.0. The number of hydrogen-bond acceptors (Lipinski definition) is 5. The Labute approximate surface area is 128 Å². The number of hydrogen-bond donors (Lipinski definition) is 1. The third-order valence-corrected chi connectivity index (χ3v) is 4.37. The molecule has 1 fully saturated rings. The fraction of sp³-hybridized carbons (Fsp3) is 0.750. The average Bonchev–Trinajstić information content (AvgIpc) is 2.94. The average molecular weight is 291 g/mol. The number of rotatable bonds is 7. The maximum Gasteiger partial charge on any atom is 0.137 e. The van der Waals surface area contributed by atoms with Crippen LogP contribution in [0, 0.1) is 0 Å². The zero-order valence-corrected chi connectivity index (χ0v) is 13.9. The van der Waals surface area contributed by atoms with E-state index < -0.39 is 0 Å². The molecule has 0 aromatic carbocycles. The van der Waals surface area contributed by atoms with E-state index in [0.717, 1.165) is 37.7 Å². The zero-order valence-electron chi connectivity index (χ0n) is 13.9. The summed E-state index contributed by atoms with van der Waals surface area (Å²) in [7, 11) is 2.16. The Balaban J connectivity index is 2.14. The van der Waals surface area contributed by atoms with Crippen molar-refractivity contribution in [1.82, 2.24) is 14.9 Å². The molecule has 5 nitrogen and oxygen atoms in total. The van der Waals surface area contributed by atoms with E-state index in [2.05, 4.69) is 52.9 Å². The number of anilines is 2. The van der Waals surface area contributed by atoms with Gasteiger partial charge in [-0.2, -0.15) is 0 Å². The Bertz CT molecular complexity index is 448. The van der Waals surface area contributed by atoms with E-state index in [9.17, 15) is 0 Å². The fourth-order valence-electron chi connectivity index (χ4n) is 3.30. The molecule has 1 atom stereocenters. The van der Waals surface area contributed by atoms with Gasteiger partial charge in [0.25, 0.3) is 0 Å². The summed E-state index contributed by atoms with van der Waals surface area (Å²) in [5.74, 6) is 2.06. The van der Waals surface area contributed by atoms with Gasteiger partial charge in [-0.1, -0.05) is 13.8 Å². The molecule has 5 heteroatoms. The first-order chi connectivity index (χ1) is 10.2. The van der Waals surface area contributed by atoms with Crippen LogP contribution < -0.4 is 10.2 Å². The van der Waals surface area contributed by atoms with Crippen molar-refractivity contribution in [2.75, 3.05) is 43.4 Å². The van der Waals surface area contributed by atoms with Crippen LogP contribution in [-0.4, -0.2) is 54.1 Å². The van der Waals surface area contributed by atoms with Gasteiger partial charge in [0.2, 0.25) is 0 Å². The van der Waals surface area contributed by atoms with Crippen molar-refractivity contribution < 1.29 is 0 Å². The highest BCUT2D eigenvalue weighted by atomic mass is 15.2. The Kier molecular flexibility index (Phi) is 5.79. The number of nitrogens with one attached hydrogen (secondary N) is 1. The molecule has 1 aromatic rings. The number of likely N-dealkylation sites (tertiary alicyclic amines) is 1. The third-order valence-electron chi connectivity index (χ3n) is 4.37. The molecule has 0 amide bonds. The van der Waals surface area contributed by atoms with Crippen LogP contribution in [0.4, 0.5) is 11.6 Å². The first-order valence-electron chi connectivity index (χ1n) is 8.24. The second-order valence-electron chi connectivity index (χ2n) is 5.71. The number of likely N-dealkylation sites (N-methyl/N-ethyl adjacent to an activating group) is 2. The zero-order chi connectivity index (χ0) is 15.2. The lowest BCUT2D eigenvalue weighted by Crippen LogP contribution is -2.39. The standard InChI is InChI=1S/C16H29N5/c1-5-14-15(17-6-2)18-12-19-16(14)20(4)11-13-9-8-10-21(13)7-3/h12-13H,5-11H2,1-4H3,(H,17,18,19). The quantitative estimate of drug-likeness (QED) is 0.835. The largest absolute Gasteiger partial charge is 0.370 e. The lowest BCUT2D eigenvalue weighted by atomic mass is 10.1. The van der Waals surface area contributed by atoms with Gasteiger partial charge in [-0.15, -0.1) is 0 Å². The Morgan fingerprint density at radius 3 is 2.81 bits per heavy atom. The summed E-state index contributed by atoms with van der Waals surface area (Å²) in [6.07, 6.45) is 5.24. The van der Waals surface area contributed by atoms with Gasteiger partial charge < -0.3 is 10.2 Å². The van der Waals surface area contributed by atoms with Gasteiger partial charge in [0, 0.05) is 31.7 Å². The SMILES string of the molecule is CCNc1ncnc(N(C)CC2CCCN2CC)c1CC. The van der Waals surface area contributed by atoms with Crippen molar-refractivity contribution in [2.45, 2.75) is 46.1 Å². The van der Waals surface area contributed by atoms with Gasteiger partial charge in [0.05, 0.1) is 0 Å². The summed E-state index contributed by atoms with van der Waals surface area (Å²) >= 11 is 0. The molecule has 1 saturated heterocycles. The predicted molar refractivity (Wildman–Crippen MR) is 89.1 cm³/mol. The van der Waals surface area contributed by atoms with Crippen molar-refractivity contribution in [1.29, 1.82) is 0 Å². The van der Waals surface area contributed by atoms with Crippen molar-refractivity contribution >= 4 is 11.6 Å². The van der Waals surface area contributed by atoms with Crippen LogP contribution in [0.3, 0.4) is 0 Å². The summed E-state index contributed by atoms with van der Waals surface area (Å²) in [6.45, 7) is 10.8. The van der Waals surface area contributed by atoms with Crippen LogP contribution in [0.25, 0.3) is 0 Å². The highest BCUT2D eigenvalue weighted by Crippen LogP contribution is 2.25. The minimum Gasteiger partial charge on any atom is -0.370 e. The van der Waals surface area contributed by atoms with Crippen molar-refractivity contribution in [3.63, 3.8) is 0 Å². The summed E-state index contributed by atoms with van der Waals surface area (Å²) in [6, 6.07) is 0.655. The van der Waals surface area contributed by atoms with Crippen LogP contribution >= 0.6 is 0 Å².